The number of halogens is 1. The van der Waals surface area contributed by atoms with Crippen LogP contribution in [-0.2, 0) is 0 Å². The zero-order valence-corrected chi connectivity index (χ0v) is 14.3. The van der Waals surface area contributed by atoms with Crippen molar-refractivity contribution >= 4 is 46.1 Å². The van der Waals surface area contributed by atoms with Crippen LogP contribution < -0.4 is 21.3 Å². The van der Waals surface area contributed by atoms with E-state index in [2.05, 4.69) is 36.2 Å². The number of nitrogens with zero attached hydrogens (tertiary/aromatic N) is 4. The first-order valence-corrected chi connectivity index (χ1v) is 7.32. The summed E-state index contributed by atoms with van der Waals surface area (Å²) in [6.07, 6.45) is 0. The molecule has 4 N–H and O–H groups in total. The van der Waals surface area contributed by atoms with Crippen LogP contribution in [0.5, 0.6) is 0 Å². The van der Waals surface area contributed by atoms with Gasteiger partial charge in [0.25, 0.3) is 0 Å². The molecular weight excluding hydrogens is 336 g/mol. The summed E-state index contributed by atoms with van der Waals surface area (Å²) in [6, 6.07) is 1.75. The molecule has 0 bridgehead atoms. The van der Waals surface area contributed by atoms with Crippen LogP contribution in [0.3, 0.4) is 0 Å². The molecule has 0 amide bonds. The zero-order valence-electron chi connectivity index (χ0n) is 13.6. The van der Waals surface area contributed by atoms with E-state index in [0.717, 1.165) is 0 Å². The van der Waals surface area contributed by atoms with Crippen LogP contribution in [0.2, 0.25) is 5.15 Å². The topological polar surface area (TPSA) is 130 Å². The second-order valence-corrected chi connectivity index (χ2v) is 5.03. The van der Waals surface area contributed by atoms with Crippen LogP contribution in [0.15, 0.2) is 6.07 Å². The fourth-order valence-corrected chi connectivity index (χ4v) is 2.36. The van der Waals surface area contributed by atoms with Gasteiger partial charge in [-0.05, 0) is 6.92 Å². The van der Waals surface area contributed by atoms with E-state index in [9.17, 15) is 10.1 Å². The Morgan fingerprint density at radius 3 is 2.33 bits per heavy atom. The maximum absolute atomic E-state index is 11.3. The molecule has 0 atom stereocenters. The normalized spacial score (nSPS) is 10.2. The van der Waals surface area contributed by atoms with Gasteiger partial charge in [-0.15, -0.1) is 0 Å². The summed E-state index contributed by atoms with van der Waals surface area (Å²) in [7, 11) is 5.16. The minimum Gasteiger partial charge on any atom is -0.386 e. The SMILES string of the molecule is CNc1cc(NC)c(Nc2nc(C)nc(Cl)c2[N+](=O)[O-])c(NC)n1. The number of nitrogens with one attached hydrogen (secondary N) is 4. The maximum Gasteiger partial charge on any atom is 0.348 e. The summed E-state index contributed by atoms with van der Waals surface area (Å²) in [6.45, 7) is 1.60. The van der Waals surface area contributed by atoms with E-state index in [-0.39, 0.29) is 11.0 Å². The molecule has 2 heterocycles. The Balaban J connectivity index is 2.62. The Morgan fingerprint density at radius 1 is 1.08 bits per heavy atom. The summed E-state index contributed by atoms with van der Waals surface area (Å²) in [4.78, 5) is 23.0. The van der Waals surface area contributed by atoms with Crippen molar-refractivity contribution < 1.29 is 4.92 Å². The average Bonchev–Trinajstić information content (AvgIpc) is 2.53. The number of pyridine rings is 1. The maximum atomic E-state index is 11.3. The molecule has 0 fully saturated rings. The van der Waals surface area contributed by atoms with Gasteiger partial charge in [-0.2, -0.15) is 0 Å². The van der Waals surface area contributed by atoms with Gasteiger partial charge in [0.2, 0.25) is 11.0 Å². The van der Waals surface area contributed by atoms with Crippen molar-refractivity contribution in [1.82, 2.24) is 15.0 Å². The molecule has 0 unspecified atom stereocenters. The van der Waals surface area contributed by atoms with Crippen LogP contribution >= 0.6 is 11.6 Å². The van der Waals surface area contributed by atoms with Crippen molar-refractivity contribution in [3.8, 4) is 0 Å². The number of aryl methyl sites for hydroxylation is 1. The number of nitro groups is 1. The van der Waals surface area contributed by atoms with Crippen LogP contribution in [-0.4, -0.2) is 41.0 Å². The van der Waals surface area contributed by atoms with E-state index in [4.69, 9.17) is 11.6 Å². The second-order valence-electron chi connectivity index (χ2n) is 4.67. The Bertz CT molecular complexity index is 758. The second kappa shape index (κ2) is 7.13. The first-order valence-electron chi connectivity index (χ1n) is 6.95. The third kappa shape index (κ3) is 3.38. The number of hydrogen-bond acceptors (Lipinski definition) is 9. The molecule has 0 aromatic carbocycles. The molecule has 10 nitrogen and oxygen atoms in total. The summed E-state index contributed by atoms with van der Waals surface area (Å²) in [5, 5.41) is 22.9. The van der Waals surface area contributed by atoms with Gasteiger partial charge in [0, 0.05) is 27.2 Å². The highest BCUT2D eigenvalue weighted by molar-refractivity contribution is 6.32. The van der Waals surface area contributed by atoms with Gasteiger partial charge in [0.1, 0.15) is 17.3 Å². The lowest BCUT2D eigenvalue weighted by Gasteiger charge is -2.17. The number of aromatic nitrogens is 3. The molecule has 24 heavy (non-hydrogen) atoms. The Morgan fingerprint density at radius 2 is 1.79 bits per heavy atom. The fourth-order valence-electron chi connectivity index (χ4n) is 2.08. The monoisotopic (exact) mass is 352 g/mol. The smallest absolute Gasteiger partial charge is 0.348 e. The van der Waals surface area contributed by atoms with Gasteiger partial charge in [-0.3, -0.25) is 10.1 Å². The van der Waals surface area contributed by atoms with E-state index in [0.29, 0.717) is 28.8 Å². The lowest BCUT2D eigenvalue weighted by molar-refractivity contribution is -0.384. The molecule has 0 saturated carbocycles. The van der Waals surface area contributed by atoms with Crippen LogP contribution in [0.1, 0.15) is 5.82 Å². The van der Waals surface area contributed by atoms with Crippen molar-refractivity contribution in [2.24, 2.45) is 0 Å². The minimum absolute atomic E-state index is 0.00972. The Hall–Kier alpha value is -2.88. The molecule has 0 spiro atoms. The summed E-state index contributed by atoms with van der Waals surface area (Å²) in [5.41, 5.74) is 0.765. The molecule has 2 aromatic rings. The molecule has 0 aliphatic heterocycles. The van der Waals surface area contributed by atoms with Gasteiger partial charge in [-0.25, -0.2) is 15.0 Å². The zero-order chi connectivity index (χ0) is 17.9. The summed E-state index contributed by atoms with van der Waals surface area (Å²) >= 11 is 5.90. The molecule has 0 aliphatic carbocycles. The standard InChI is InChI=1S/C13H17ClN8O2/c1-6-18-11(14)10(22(23)24)13(19-6)21-9-7(15-2)5-8(16-3)20-12(9)17-4/h5H,1-4H3,(H,18,19,21)(H3,15,16,17,20). The Kier molecular flexibility index (Phi) is 5.19. The first kappa shape index (κ1) is 17.5. The Labute approximate surface area is 143 Å². The molecule has 0 aliphatic rings. The highest BCUT2D eigenvalue weighted by atomic mass is 35.5. The van der Waals surface area contributed by atoms with Crippen molar-refractivity contribution in [2.75, 3.05) is 42.4 Å². The predicted molar refractivity (Wildman–Crippen MR) is 94.6 cm³/mol. The van der Waals surface area contributed by atoms with E-state index >= 15 is 0 Å². The molecule has 0 radical (unpaired) electrons. The summed E-state index contributed by atoms with van der Waals surface area (Å²) < 4.78 is 0. The minimum atomic E-state index is -0.627. The third-order valence-electron chi connectivity index (χ3n) is 3.16. The van der Waals surface area contributed by atoms with Crippen molar-refractivity contribution in [1.29, 1.82) is 0 Å². The van der Waals surface area contributed by atoms with Gasteiger partial charge < -0.3 is 21.3 Å². The molecule has 2 rings (SSSR count). The van der Waals surface area contributed by atoms with E-state index in [1.165, 1.54) is 0 Å². The highest BCUT2D eigenvalue weighted by Gasteiger charge is 2.24. The van der Waals surface area contributed by atoms with Crippen LogP contribution in [0, 0.1) is 17.0 Å². The molecule has 128 valence electrons. The average molecular weight is 353 g/mol. The van der Waals surface area contributed by atoms with E-state index < -0.39 is 10.6 Å². The van der Waals surface area contributed by atoms with Crippen LogP contribution in [0.4, 0.5) is 34.5 Å². The van der Waals surface area contributed by atoms with E-state index in [1.807, 2.05) is 0 Å². The van der Waals surface area contributed by atoms with Gasteiger partial charge in [-0.1, -0.05) is 11.6 Å². The largest absolute Gasteiger partial charge is 0.386 e. The fraction of sp³-hybridized carbons (Fsp3) is 0.308. The molecule has 2 aromatic heterocycles. The summed E-state index contributed by atoms with van der Waals surface area (Å²) in [5.74, 6) is 1.41. The van der Waals surface area contributed by atoms with Gasteiger partial charge in [0.15, 0.2) is 5.82 Å². The van der Waals surface area contributed by atoms with Crippen LogP contribution in [0.25, 0.3) is 0 Å². The van der Waals surface area contributed by atoms with Crippen molar-refractivity contribution in [3.63, 3.8) is 0 Å². The number of anilines is 5. The first-order chi connectivity index (χ1) is 11.4. The quantitative estimate of drug-likeness (QED) is 0.352. The van der Waals surface area contributed by atoms with Gasteiger partial charge >= 0.3 is 5.69 Å². The number of hydrogen-bond donors (Lipinski definition) is 4. The van der Waals surface area contributed by atoms with Crippen molar-refractivity contribution in [2.45, 2.75) is 6.92 Å². The molecule has 11 heteroatoms. The lowest BCUT2D eigenvalue weighted by Crippen LogP contribution is -2.09. The highest BCUT2D eigenvalue weighted by Crippen LogP contribution is 2.37. The molecular formula is C13H17ClN8O2. The van der Waals surface area contributed by atoms with Crippen molar-refractivity contribution in [3.05, 3.63) is 27.2 Å². The predicted octanol–water partition coefficient (Wildman–Crippen LogP) is 2.61. The number of rotatable bonds is 6. The van der Waals surface area contributed by atoms with E-state index in [1.54, 1.807) is 34.1 Å². The van der Waals surface area contributed by atoms with Gasteiger partial charge in [0.05, 0.1) is 10.6 Å². The third-order valence-corrected chi connectivity index (χ3v) is 3.42. The lowest BCUT2D eigenvalue weighted by atomic mass is 10.3. The molecule has 0 saturated heterocycles.